The van der Waals surface area contributed by atoms with Gasteiger partial charge in [0.2, 0.25) is 0 Å². The molecule has 3 heteroatoms. The zero-order valence-electron chi connectivity index (χ0n) is 10.2. The van der Waals surface area contributed by atoms with E-state index < -0.39 is 17.5 Å². The van der Waals surface area contributed by atoms with Crippen molar-refractivity contribution in [2.45, 2.75) is 38.2 Å². The summed E-state index contributed by atoms with van der Waals surface area (Å²) in [5.41, 5.74) is 0.944. The second-order valence-corrected chi connectivity index (χ2v) is 5.20. The van der Waals surface area contributed by atoms with Crippen molar-refractivity contribution < 1.29 is 15.0 Å². The molecule has 1 unspecified atom stereocenters. The van der Waals surface area contributed by atoms with Gasteiger partial charge >= 0.3 is 5.97 Å². The number of carbonyl (C=O) groups is 1. The summed E-state index contributed by atoms with van der Waals surface area (Å²) in [6, 6.07) is 7.37. The van der Waals surface area contributed by atoms with E-state index in [2.05, 4.69) is 0 Å². The minimum Gasteiger partial charge on any atom is -0.481 e. The molecule has 0 aliphatic heterocycles. The number of aliphatic carboxylic acids is 1. The molecule has 1 atom stereocenters. The number of carboxylic acid groups (broad SMARTS) is 1. The van der Waals surface area contributed by atoms with Gasteiger partial charge in [0.05, 0.1) is 11.5 Å². The van der Waals surface area contributed by atoms with Gasteiger partial charge in [0.25, 0.3) is 0 Å². The Morgan fingerprint density at radius 1 is 1.35 bits per heavy atom. The maximum Gasteiger partial charge on any atom is 0.314 e. The Bertz CT molecular complexity index is 433. The monoisotopic (exact) mass is 234 g/mol. The van der Waals surface area contributed by atoms with Crippen molar-refractivity contribution in [1.82, 2.24) is 0 Å². The van der Waals surface area contributed by atoms with Crippen molar-refractivity contribution in [3.63, 3.8) is 0 Å². The van der Waals surface area contributed by atoms with Gasteiger partial charge in [-0.2, -0.15) is 0 Å². The van der Waals surface area contributed by atoms with Gasteiger partial charge in [-0.25, -0.2) is 0 Å². The van der Waals surface area contributed by atoms with Crippen LogP contribution < -0.4 is 0 Å². The standard InChI is InChI=1S/C14H18O3/c1-9(2)12(15)10-4-3-5-11(8-10)14(6-7-14)13(16)17/h3-5,8-9,12,15H,6-7H2,1-2H3,(H,16,17). The molecule has 2 N–H and O–H groups in total. The van der Waals surface area contributed by atoms with Gasteiger partial charge in [-0.15, -0.1) is 0 Å². The van der Waals surface area contributed by atoms with E-state index in [4.69, 9.17) is 0 Å². The van der Waals surface area contributed by atoms with E-state index in [9.17, 15) is 15.0 Å². The van der Waals surface area contributed by atoms with Gasteiger partial charge in [0, 0.05) is 0 Å². The number of carboxylic acids is 1. The molecule has 1 fully saturated rings. The summed E-state index contributed by atoms with van der Waals surface area (Å²) in [4.78, 5) is 11.2. The average Bonchev–Trinajstić information content (AvgIpc) is 3.09. The molecule has 0 saturated heterocycles. The van der Waals surface area contributed by atoms with Crippen molar-refractivity contribution in [1.29, 1.82) is 0 Å². The number of rotatable bonds is 4. The van der Waals surface area contributed by atoms with Crippen LogP contribution in [0.1, 0.15) is 43.9 Å². The van der Waals surface area contributed by atoms with E-state index in [0.717, 1.165) is 11.1 Å². The smallest absolute Gasteiger partial charge is 0.314 e. The summed E-state index contributed by atoms with van der Waals surface area (Å²) in [5, 5.41) is 19.2. The molecule has 1 aliphatic carbocycles. The molecule has 0 spiro atoms. The molecule has 92 valence electrons. The van der Waals surface area contributed by atoms with E-state index in [1.165, 1.54) is 0 Å². The van der Waals surface area contributed by atoms with E-state index in [1.54, 1.807) is 0 Å². The Morgan fingerprint density at radius 3 is 2.47 bits per heavy atom. The Balaban J connectivity index is 2.33. The molecular weight excluding hydrogens is 216 g/mol. The number of hydrogen-bond acceptors (Lipinski definition) is 2. The van der Waals surface area contributed by atoms with Gasteiger partial charge < -0.3 is 10.2 Å². The molecule has 0 amide bonds. The van der Waals surface area contributed by atoms with Crippen LogP contribution in [0.4, 0.5) is 0 Å². The third-order valence-corrected chi connectivity index (χ3v) is 3.57. The van der Waals surface area contributed by atoms with Crippen LogP contribution in [-0.2, 0) is 10.2 Å². The van der Waals surface area contributed by atoms with E-state index >= 15 is 0 Å². The number of hydrogen-bond donors (Lipinski definition) is 2. The highest BCUT2D eigenvalue weighted by Gasteiger charge is 2.51. The van der Waals surface area contributed by atoms with Gasteiger partial charge in [-0.1, -0.05) is 38.1 Å². The fourth-order valence-corrected chi connectivity index (χ4v) is 2.16. The Hall–Kier alpha value is -1.35. The van der Waals surface area contributed by atoms with Crippen LogP contribution in [0.2, 0.25) is 0 Å². The van der Waals surface area contributed by atoms with Crippen LogP contribution in [0.3, 0.4) is 0 Å². The van der Waals surface area contributed by atoms with Crippen LogP contribution >= 0.6 is 0 Å². The predicted molar refractivity (Wildman–Crippen MR) is 64.8 cm³/mol. The minimum absolute atomic E-state index is 0.130. The van der Waals surface area contributed by atoms with Crippen molar-refractivity contribution in [3.05, 3.63) is 35.4 Å². The lowest BCUT2D eigenvalue weighted by molar-refractivity contribution is -0.140. The number of aliphatic hydroxyl groups excluding tert-OH is 1. The zero-order valence-corrected chi connectivity index (χ0v) is 10.2. The molecule has 1 saturated carbocycles. The van der Waals surface area contributed by atoms with Crippen molar-refractivity contribution in [2.24, 2.45) is 5.92 Å². The average molecular weight is 234 g/mol. The largest absolute Gasteiger partial charge is 0.481 e. The molecule has 1 aromatic rings. The molecule has 3 nitrogen and oxygen atoms in total. The molecule has 0 aromatic heterocycles. The highest BCUT2D eigenvalue weighted by Crippen LogP contribution is 2.48. The Kier molecular flexibility index (Phi) is 2.96. The normalized spacial score (nSPS) is 19.1. The predicted octanol–water partition coefficient (Wildman–Crippen LogP) is 2.49. The van der Waals surface area contributed by atoms with Gasteiger partial charge in [-0.05, 0) is 29.9 Å². The summed E-state index contributed by atoms with van der Waals surface area (Å²) >= 11 is 0. The third-order valence-electron chi connectivity index (χ3n) is 3.57. The molecule has 17 heavy (non-hydrogen) atoms. The van der Waals surface area contributed by atoms with Gasteiger partial charge in [0.15, 0.2) is 0 Å². The van der Waals surface area contributed by atoms with Gasteiger partial charge in [-0.3, -0.25) is 4.79 Å². The summed E-state index contributed by atoms with van der Waals surface area (Å²) in [6.07, 6.45) is 0.868. The second kappa shape index (κ2) is 4.15. The number of aliphatic hydroxyl groups is 1. The first-order chi connectivity index (χ1) is 7.97. The third kappa shape index (κ3) is 2.07. The molecule has 0 heterocycles. The Labute approximate surface area is 101 Å². The minimum atomic E-state index is -0.756. The highest BCUT2D eigenvalue weighted by molar-refractivity contribution is 5.84. The van der Waals surface area contributed by atoms with Gasteiger partial charge in [0.1, 0.15) is 0 Å². The van der Waals surface area contributed by atoms with E-state index in [-0.39, 0.29) is 5.92 Å². The van der Waals surface area contributed by atoms with E-state index in [0.29, 0.717) is 12.8 Å². The number of benzene rings is 1. The topological polar surface area (TPSA) is 57.5 Å². The summed E-state index contributed by atoms with van der Waals surface area (Å²) in [5.74, 6) is -0.626. The zero-order chi connectivity index (χ0) is 12.6. The van der Waals surface area contributed by atoms with Crippen molar-refractivity contribution in [2.75, 3.05) is 0 Å². The Morgan fingerprint density at radius 2 is 2.00 bits per heavy atom. The molecule has 1 aliphatic rings. The molecule has 0 bridgehead atoms. The fourth-order valence-electron chi connectivity index (χ4n) is 2.16. The highest BCUT2D eigenvalue weighted by atomic mass is 16.4. The summed E-state index contributed by atoms with van der Waals surface area (Å²) in [6.45, 7) is 3.89. The molecular formula is C14H18O3. The van der Waals surface area contributed by atoms with Crippen molar-refractivity contribution >= 4 is 5.97 Å². The first-order valence-electron chi connectivity index (χ1n) is 5.99. The lowest BCUT2D eigenvalue weighted by Crippen LogP contribution is -2.20. The molecule has 0 radical (unpaired) electrons. The lowest BCUT2D eigenvalue weighted by Gasteiger charge is -2.17. The van der Waals surface area contributed by atoms with E-state index in [1.807, 2.05) is 38.1 Å². The quantitative estimate of drug-likeness (QED) is 0.841. The van der Waals surface area contributed by atoms with Crippen LogP contribution in [0.25, 0.3) is 0 Å². The van der Waals surface area contributed by atoms with Crippen LogP contribution in [0.5, 0.6) is 0 Å². The molecule has 1 aromatic carbocycles. The van der Waals surface area contributed by atoms with Crippen LogP contribution in [0, 0.1) is 5.92 Å². The lowest BCUT2D eigenvalue weighted by atomic mass is 9.91. The van der Waals surface area contributed by atoms with Crippen LogP contribution in [0.15, 0.2) is 24.3 Å². The first-order valence-corrected chi connectivity index (χ1v) is 5.99. The first kappa shape index (κ1) is 12.1. The summed E-state index contributed by atoms with van der Waals surface area (Å²) < 4.78 is 0. The maximum atomic E-state index is 11.2. The maximum absolute atomic E-state index is 11.2. The van der Waals surface area contributed by atoms with Crippen molar-refractivity contribution in [3.8, 4) is 0 Å². The molecule has 2 rings (SSSR count). The second-order valence-electron chi connectivity index (χ2n) is 5.20. The fraction of sp³-hybridized carbons (Fsp3) is 0.500. The van der Waals surface area contributed by atoms with Crippen LogP contribution in [-0.4, -0.2) is 16.2 Å². The SMILES string of the molecule is CC(C)C(O)c1cccc(C2(C(=O)O)CC2)c1. The summed E-state index contributed by atoms with van der Waals surface area (Å²) in [7, 11) is 0.